The minimum Gasteiger partial charge on any atom is -0.375 e. The fraction of sp³-hybridized carbons (Fsp3) is 0.250. The number of benzene rings is 2. The summed E-state index contributed by atoms with van der Waals surface area (Å²) in [6, 6.07) is 13.1. The monoisotopic (exact) mass is 407 g/mol. The number of alkyl halides is 3. The number of aromatic nitrogens is 1. The van der Waals surface area contributed by atoms with Gasteiger partial charge in [-0.1, -0.05) is 36.4 Å². The molecule has 0 spiro atoms. The van der Waals surface area contributed by atoms with E-state index >= 15 is 0 Å². The van der Waals surface area contributed by atoms with Gasteiger partial charge in [-0.15, -0.1) is 0 Å². The Bertz CT molecular complexity index is 1140. The molecule has 0 N–H and O–H groups in total. The third kappa shape index (κ3) is 3.44. The SMILES string of the molecule is O=S(=O)(Oc1ccnc2c3ccc(c12)CCc1ccc(cc1)CC3)C(F)(F)F. The second kappa shape index (κ2) is 6.77. The van der Waals surface area contributed by atoms with Crippen molar-refractivity contribution >= 4 is 21.0 Å². The molecule has 0 saturated heterocycles. The van der Waals surface area contributed by atoms with E-state index in [1.165, 1.54) is 12.3 Å². The predicted octanol–water partition coefficient (Wildman–Crippen LogP) is 4.35. The Morgan fingerprint density at radius 2 is 1.39 bits per heavy atom. The molecule has 7 rings (SSSR count). The molecule has 0 aliphatic heterocycles. The first-order valence-corrected chi connectivity index (χ1v) is 10.1. The Morgan fingerprint density at radius 1 is 0.821 bits per heavy atom. The summed E-state index contributed by atoms with van der Waals surface area (Å²) in [5, 5.41) is 0.322. The zero-order chi connectivity index (χ0) is 19.9. The van der Waals surface area contributed by atoms with Gasteiger partial charge in [0.2, 0.25) is 0 Å². The van der Waals surface area contributed by atoms with E-state index in [9.17, 15) is 21.6 Å². The Hall–Kier alpha value is -2.61. The lowest BCUT2D eigenvalue weighted by molar-refractivity contribution is -0.0499. The van der Waals surface area contributed by atoms with Gasteiger partial charge in [-0.25, -0.2) is 0 Å². The van der Waals surface area contributed by atoms with E-state index in [0.29, 0.717) is 35.7 Å². The summed E-state index contributed by atoms with van der Waals surface area (Å²) in [5.41, 5.74) is -1.25. The van der Waals surface area contributed by atoms with Crippen molar-refractivity contribution in [3.05, 3.63) is 70.9 Å². The summed E-state index contributed by atoms with van der Waals surface area (Å²) >= 11 is 0. The number of halogens is 3. The lowest BCUT2D eigenvalue weighted by atomic mass is 9.93. The van der Waals surface area contributed by atoms with Crippen LogP contribution in [-0.4, -0.2) is 18.9 Å². The van der Waals surface area contributed by atoms with Crippen molar-refractivity contribution in [3.63, 3.8) is 0 Å². The van der Waals surface area contributed by atoms with Crippen molar-refractivity contribution in [2.45, 2.75) is 31.2 Å². The Morgan fingerprint density at radius 3 is 2.00 bits per heavy atom. The van der Waals surface area contributed by atoms with Gasteiger partial charge in [-0.05, 0) is 47.9 Å². The molecule has 0 amide bonds. The molecule has 4 nitrogen and oxygen atoms in total. The molecule has 28 heavy (non-hydrogen) atoms. The Balaban J connectivity index is 1.87. The van der Waals surface area contributed by atoms with Crippen LogP contribution < -0.4 is 4.18 Å². The normalized spacial score (nSPS) is 14.7. The molecule has 0 saturated carbocycles. The average molecular weight is 407 g/mol. The summed E-state index contributed by atoms with van der Waals surface area (Å²) < 4.78 is 66.1. The van der Waals surface area contributed by atoms with Crippen LogP contribution in [0.1, 0.15) is 22.3 Å². The van der Waals surface area contributed by atoms with E-state index in [1.54, 1.807) is 0 Å². The number of rotatable bonds is 2. The highest BCUT2D eigenvalue weighted by atomic mass is 32.2. The first kappa shape index (κ1) is 18.7. The third-order valence-corrected chi connectivity index (χ3v) is 5.86. The van der Waals surface area contributed by atoms with Gasteiger partial charge in [0.1, 0.15) is 0 Å². The van der Waals surface area contributed by atoms with E-state index in [2.05, 4.69) is 21.3 Å². The van der Waals surface area contributed by atoms with Crippen LogP contribution in [0, 0.1) is 0 Å². The van der Waals surface area contributed by atoms with Crippen molar-refractivity contribution in [2.75, 3.05) is 0 Å². The molecule has 1 heterocycles. The first-order valence-electron chi connectivity index (χ1n) is 8.73. The highest BCUT2D eigenvalue weighted by Crippen LogP contribution is 2.35. The lowest BCUT2D eigenvalue weighted by Gasteiger charge is -2.16. The van der Waals surface area contributed by atoms with Crippen LogP contribution in [0.25, 0.3) is 10.9 Å². The Kier molecular flexibility index (Phi) is 4.53. The van der Waals surface area contributed by atoms with E-state index in [4.69, 9.17) is 0 Å². The van der Waals surface area contributed by atoms with Crippen LogP contribution in [0.15, 0.2) is 48.7 Å². The van der Waals surface area contributed by atoms with Crippen LogP contribution >= 0.6 is 0 Å². The second-order valence-corrected chi connectivity index (χ2v) is 8.25. The van der Waals surface area contributed by atoms with Gasteiger partial charge in [0.05, 0.1) is 5.52 Å². The molecule has 1 aromatic heterocycles. The standard InChI is InChI=1S/C20H16F3NO3S/c21-20(22,23)28(25,26)27-17-11-12-24-19-16-8-6-14-3-1-13(2-4-14)5-7-15(9-10-16)18(17)19/h1-4,9-12H,5-8H2. The largest absolute Gasteiger partial charge is 0.534 e. The minimum atomic E-state index is -5.77. The van der Waals surface area contributed by atoms with Gasteiger partial charge in [-0.3, -0.25) is 4.98 Å². The molecular weight excluding hydrogens is 391 g/mol. The molecule has 2 aromatic carbocycles. The van der Waals surface area contributed by atoms with Crippen LogP contribution in [0.3, 0.4) is 0 Å². The predicted molar refractivity (Wildman–Crippen MR) is 98.6 cm³/mol. The van der Waals surface area contributed by atoms with E-state index in [1.807, 2.05) is 24.3 Å². The van der Waals surface area contributed by atoms with Crippen LogP contribution in [0.5, 0.6) is 5.75 Å². The summed E-state index contributed by atoms with van der Waals surface area (Å²) in [4.78, 5) is 4.33. The van der Waals surface area contributed by atoms with E-state index in [0.717, 1.165) is 23.1 Å². The quantitative estimate of drug-likeness (QED) is 0.468. The van der Waals surface area contributed by atoms with Crippen molar-refractivity contribution in [1.29, 1.82) is 0 Å². The maximum absolute atomic E-state index is 12.8. The third-order valence-electron chi connectivity index (χ3n) is 4.90. The second-order valence-electron chi connectivity index (χ2n) is 6.72. The number of hydrogen-bond acceptors (Lipinski definition) is 4. The molecular formula is C20H16F3NO3S. The van der Waals surface area contributed by atoms with E-state index in [-0.39, 0.29) is 5.75 Å². The zero-order valence-electron chi connectivity index (χ0n) is 14.7. The van der Waals surface area contributed by atoms with Gasteiger partial charge in [-0.2, -0.15) is 21.6 Å². The summed E-state index contributed by atoms with van der Waals surface area (Å²) in [5.74, 6) is -0.342. The van der Waals surface area contributed by atoms with Gasteiger partial charge in [0, 0.05) is 17.6 Å². The van der Waals surface area contributed by atoms with Crippen molar-refractivity contribution in [2.24, 2.45) is 0 Å². The molecule has 4 aliphatic rings. The fourth-order valence-corrected chi connectivity index (χ4v) is 3.91. The molecule has 4 aliphatic carbocycles. The number of aryl methyl sites for hydroxylation is 4. The molecule has 8 heteroatoms. The molecule has 3 aromatic rings. The van der Waals surface area contributed by atoms with Crippen LogP contribution in [-0.2, 0) is 35.8 Å². The number of nitrogens with zero attached hydrogens (tertiary/aromatic N) is 1. The molecule has 0 fully saturated rings. The molecule has 4 bridgehead atoms. The maximum Gasteiger partial charge on any atom is 0.534 e. The Labute approximate surface area is 160 Å². The van der Waals surface area contributed by atoms with Gasteiger partial charge >= 0.3 is 15.6 Å². The van der Waals surface area contributed by atoms with E-state index < -0.39 is 15.6 Å². The average Bonchev–Trinajstić information content (AvgIpc) is 2.63. The van der Waals surface area contributed by atoms with Gasteiger partial charge in [0.15, 0.2) is 5.75 Å². The van der Waals surface area contributed by atoms with Crippen LogP contribution in [0.4, 0.5) is 13.2 Å². The van der Waals surface area contributed by atoms with Gasteiger partial charge < -0.3 is 4.18 Å². The van der Waals surface area contributed by atoms with Gasteiger partial charge in [0.25, 0.3) is 0 Å². The van der Waals surface area contributed by atoms with Crippen molar-refractivity contribution in [1.82, 2.24) is 4.98 Å². The molecule has 146 valence electrons. The molecule has 0 radical (unpaired) electrons. The fourth-order valence-electron chi connectivity index (χ4n) is 3.44. The summed E-state index contributed by atoms with van der Waals surface area (Å²) in [6.07, 6.45) is 3.82. The molecule has 0 unspecified atom stereocenters. The topological polar surface area (TPSA) is 56.3 Å². The molecule has 0 atom stereocenters. The smallest absolute Gasteiger partial charge is 0.375 e. The highest BCUT2D eigenvalue weighted by molar-refractivity contribution is 7.88. The number of pyridine rings is 1. The summed E-state index contributed by atoms with van der Waals surface area (Å²) in [7, 11) is -5.77. The van der Waals surface area contributed by atoms with Crippen molar-refractivity contribution in [3.8, 4) is 5.75 Å². The highest BCUT2D eigenvalue weighted by Gasteiger charge is 2.48. The number of hydrogen-bond donors (Lipinski definition) is 0. The maximum atomic E-state index is 12.8. The summed E-state index contributed by atoms with van der Waals surface area (Å²) in [6.45, 7) is 0. The minimum absolute atomic E-state index is 0.322. The zero-order valence-corrected chi connectivity index (χ0v) is 15.5. The van der Waals surface area contributed by atoms with Crippen LogP contribution in [0.2, 0.25) is 0 Å². The van der Waals surface area contributed by atoms with Crippen molar-refractivity contribution < 1.29 is 25.8 Å². The lowest BCUT2D eigenvalue weighted by Crippen LogP contribution is -2.28. The first-order chi connectivity index (χ1) is 13.2.